The van der Waals surface area contributed by atoms with Gasteiger partial charge in [0.2, 0.25) is 5.91 Å². The smallest absolute Gasteiger partial charge is 0.247 e. The molecule has 0 spiro atoms. The van der Waals surface area contributed by atoms with Gasteiger partial charge in [-0.05, 0) is 37.5 Å². The first kappa shape index (κ1) is 19.4. The van der Waals surface area contributed by atoms with Crippen LogP contribution in [0.5, 0.6) is 0 Å². The van der Waals surface area contributed by atoms with Crippen LogP contribution in [-0.2, 0) is 21.2 Å². The predicted molar refractivity (Wildman–Crippen MR) is 109 cm³/mol. The van der Waals surface area contributed by atoms with Crippen molar-refractivity contribution in [3.63, 3.8) is 0 Å². The number of carbonyl (C=O) groups is 1. The summed E-state index contributed by atoms with van der Waals surface area (Å²) in [4.78, 5) is 14.6. The second-order valence-electron chi connectivity index (χ2n) is 7.25. The zero-order valence-corrected chi connectivity index (χ0v) is 16.6. The quantitative estimate of drug-likeness (QED) is 0.742. The normalized spacial score (nSPS) is 18.7. The molecule has 0 aliphatic carbocycles. The number of sulfone groups is 1. The van der Waals surface area contributed by atoms with Crippen LogP contribution in [0.3, 0.4) is 0 Å². The van der Waals surface area contributed by atoms with Gasteiger partial charge in [-0.2, -0.15) is 0 Å². The minimum atomic E-state index is -3.06. The van der Waals surface area contributed by atoms with E-state index < -0.39 is 9.84 Å². The van der Waals surface area contributed by atoms with E-state index in [-0.39, 0.29) is 23.5 Å². The van der Waals surface area contributed by atoms with Gasteiger partial charge in [-0.15, -0.1) is 0 Å². The van der Waals surface area contributed by atoms with Crippen molar-refractivity contribution >= 4 is 21.8 Å². The molecule has 5 heteroatoms. The van der Waals surface area contributed by atoms with Crippen molar-refractivity contribution in [3.8, 4) is 0 Å². The highest BCUT2D eigenvalue weighted by atomic mass is 32.2. The highest BCUT2D eigenvalue weighted by molar-refractivity contribution is 7.91. The molecule has 142 valence electrons. The summed E-state index contributed by atoms with van der Waals surface area (Å²) in [6.45, 7) is 4.45. The predicted octanol–water partition coefficient (Wildman–Crippen LogP) is 3.53. The standard InChI is InChI=1S/C22H25NO3S/c1-17-3-7-19(8-4-17)11-12-22(24)23(21-13-14-27(25,26)16-21)15-20-9-5-18(2)6-10-20/h3-12,21H,13-16H2,1-2H3/b12-11+. The summed E-state index contributed by atoms with van der Waals surface area (Å²) in [5.74, 6) is 0.0400. The molecule has 1 saturated heterocycles. The maximum Gasteiger partial charge on any atom is 0.247 e. The molecule has 1 fully saturated rings. The highest BCUT2D eigenvalue weighted by Crippen LogP contribution is 2.21. The van der Waals surface area contributed by atoms with Gasteiger partial charge in [0.25, 0.3) is 0 Å². The monoisotopic (exact) mass is 383 g/mol. The number of amides is 1. The van der Waals surface area contributed by atoms with Gasteiger partial charge in [0.1, 0.15) is 0 Å². The van der Waals surface area contributed by atoms with Crippen LogP contribution in [0.2, 0.25) is 0 Å². The number of rotatable bonds is 5. The van der Waals surface area contributed by atoms with Gasteiger partial charge in [0.05, 0.1) is 11.5 Å². The van der Waals surface area contributed by atoms with Crippen LogP contribution in [0.25, 0.3) is 6.08 Å². The second-order valence-corrected chi connectivity index (χ2v) is 9.48. The van der Waals surface area contributed by atoms with Crippen LogP contribution in [0.15, 0.2) is 54.6 Å². The summed E-state index contributed by atoms with van der Waals surface area (Å²) in [7, 11) is -3.06. The van der Waals surface area contributed by atoms with Gasteiger partial charge in [0, 0.05) is 18.7 Å². The maximum absolute atomic E-state index is 12.9. The lowest BCUT2D eigenvalue weighted by atomic mass is 10.1. The third-order valence-electron chi connectivity index (χ3n) is 4.90. The Hall–Kier alpha value is -2.40. The summed E-state index contributed by atoms with van der Waals surface area (Å²) in [5, 5.41) is 0. The second kappa shape index (κ2) is 8.09. The summed E-state index contributed by atoms with van der Waals surface area (Å²) in [6, 6.07) is 15.6. The van der Waals surface area contributed by atoms with Gasteiger partial charge in [-0.25, -0.2) is 8.42 Å². The Morgan fingerprint density at radius 1 is 1.04 bits per heavy atom. The van der Waals surface area contributed by atoms with Crippen molar-refractivity contribution in [2.75, 3.05) is 11.5 Å². The fourth-order valence-corrected chi connectivity index (χ4v) is 4.97. The molecule has 0 radical (unpaired) electrons. The molecule has 3 rings (SSSR count). The van der Waals surface area contributed by atoms with E-state index in [0.29, 0.717) is 13.0 Å². The highest BCUT2D eigenvalue weighted by Gasteiger charge is 2.34. The molecule has 1 unspecified atom stereocenters. The fraction of sp³-hybridized carbons (Fsp3) is 0.318. The minimum Gasteiger partial charge on any atom is -0.331 e. The van der Waals surface area contributed by atoms with Crippen molar-refractivity contribution in [1.82, 2.24) is 4.90 Å². The molecule has 1 atom stereocenters. The first-order chi connectivity index (χ1) is 12.8. The van der Waals surface area contributed by atoms with Crippen LogP contribution in [0.4, 0.5) is 0 Å². The molecule has 1 aliphatic rings. The van der Waals surface area contributed by atoms with Gasteiger partial charge >= 0.3 is 0 Å². The summed E-state index contributed by atoms with van der Waals surface area (Å²) in [6.07, 6.45) is 3.83. The molecule has 0 N–H and O–H groups in total. The number of carbonyl (C=O) groups excluding carboxylic acids is 1. The SMILES string of the molecule is Cc1ccc(/C=C/C(=O)N(Cc2ccc(C)cc2)C2CCS(=O)(=O)C2)cc1. The maximum atomic E-state index is 12.9. The average molecular weight is 384 g/mol. The third kappa shape index (κ3) is 5.30. The van der Waals surface area contributed by atoms with Crippen LogP contribution in [0.1, 0.15) is 28.7 Å². The van der Waals surface area contributed by atoms with Gasteiger partial charge in [-0.3, -0.25) is 4.79 Å². The van der Waals surface area contributed by atoms with Crippen LogP contribution in [-0.4, -0.2) is 36.8 Å². The lowest BCUT2D eigenvalue weighted by Gasteiger charge is -2.27. The Bertz CT molecular complexity index is 929. The molecule has 0 bridgehead atoms. The van der Waals surface area contributed by atoms with Crippen molar-refractivity contribution in [2.24, 2.45) is 0 Å². The number of hydrogen-bond acceptors (Lipinski definition) is 3. The number of benzene rings is 2. The van der Waals surface area contributed by atoms with Gasteiger partial charge < -0.3 is 4.90 Å². The molecule has 1 amide bonds. The Balaban J connectivity index is 1.80. The minimum absolute atomic E-state index is 0.0446. The molecule has 1 heterocycles. The molecule has 2 aromatic carbocycles. The first-order valence-electron chi connectivity index (χ1n) is 9.14. The zero-order chi connectivity index (χ0) is 19.4. The van der Waals surface area contributed by atoms with E-state index in [0.717, 1.165) is 22.3 Å². The molecule has 0 aromatic heterocycles. The molecular weight excluding hydrogens is 358 g/mol. The first-order valence-corrected chi connectivity index (χ1v) is 11.0. The molecule has 0 saturated carbocycles. The van der Waals surface area contributed by atoms with E-state index in [4.69, 9.17) is 0 Å². The van der Waals surface area contributed by atoms with Crippen molar-refractivity contribution in [2.45, 2.75) is 32.9 Å². The lowest BCUT2D eigenvalue weighted by molar-refractivity contribution is -0.128. The number of hydrogen-bond donors (Lipinski definition) is 0. The summed E-state index contributed by atoms with van der Waals surface area (Å²) in [5.41, 5.74) is 4.26. The van der Waals surface area contributed by atoms with E-state index in [9.17, 15) is 13.2 Å². The molecule has 27 heavy (non-hydrogen) atoms. The molecule has 2 aromatic rings. The lowest BCUT2D eigenvalue weighted by Crippen LogP contribution is -2.39. The number of nitrogens with zero attached hydrogens (tertiary/aromatic N) is 1. The zero-order valence-electron chi connectivity index (χ0n) is 15.8. The van der Waals surface area contributed by atoms with E-state index in [1.54, 1.807) is 17.1 Å². The Morgan fingerprint density at radius 2 is 1.63 bits per heavy atom. The Morgan fingerprint density at radius 3 is 2.19 bits per heavy atom. The van der Waals surface area contributed by atoms with E-state index in [1.807, 2.05) is 62.4 Å². The van der Waals surface area contributed by atoms with Gasteiger partial charge in [-0.1, -0.05) is 59.7 Å². The summed E-state index contributed by atoms with van der Waals surface area (Å²) >= 11 is 0. The molecule has 4 nitrogen and oxygen atoms in total. The van der Waals surface area contributed by atoms with Crippen molar-refractivity contribution in [3.05, 3.63) is 76.9 Å². The Labute approximate surface area is 161 Å². The van der Waals surface area contributed by atoms with E-state index >= 15 is 0 Å². The fourth-order valence-electron chi connectivity index (χ4n) is 3.24. The van der Waals surface area contributed by atoms with Crippen LogP contribution >= 0.6 is 0 Å². The molecular formula is C22H25NO3S. The number of aryl methyl sites for hydroxylation is 2. The van der Waals surface area contributed by atoms with Crippen molar-refractivity contribution in [1.29, 1.82) is 0 Å². The molecule has 1 aliphatic heterocycles. The van der Waals surface area contributed by atoms with Gasteiger partial charge in [0.15, 0.2) is 9.84 Å². The van der Waals surface area contributed by atoms with Crippen LogP contribution in [0, 0.1) is 13.8 Å². The van der Waals surface area contributed by atoms with Crippen LogP contribution < -0.4 is 0 Å². The van der Waals surface area contributed by atoms with E-state index in [2.05, 4.69) is 0 Å². The topological polar surface area (TPSA) is 54.5 Å². The largest absolute Gasteiger partial charge is 0.331 e. The van der Waals surface area contributed by atoms with Crippen molar-refractivity contribution < 1.29 is 13.2 Å². The summed E-state index contributed by atoms with van der Waals surface area (Å²) < 4.78 is 23.8. The third-order valence-corrected chi connectivity index (χ3v) is 6.65. The van der Waals surface area contributed by atoms with E-state index in [1.165, 1.54) is 0 Å². The Kier molecular flexibility index (Phi) is 5.80. The average Bonchev–Trinajstić information content (AvgIpc) is 3.00.